The monoisotopic (exact) mass is 297 g/mol. The van der Waals surface area contributed by atoms with Gasteiger partial charge in [-0.2, -0.15) is 0 Å². The Morgan fingerprint density at radius 1 is 1.48 bits per heavy atom. The lowest BCUT2D eigenvalue weighted by Crippen LogP contribution is -2.34. The highest BCUT2D eigenvalue weighted by molar-refractivity contribution is 6.01. The van der Waals surface area contributed by atoms with Crippen molar-refractivity contribution in [1.82, 2.24) is 5.32 Å². The summed E-state index contributed by atoms with van der Waals surface area (Å²) in [5.41, 5.74) is 4.15. The normalized spacial score (nSPS) is 13.5. The lowest BCUT2D eigenvalue weighted by molar-refractivity contribution is -0.384. The van der Waals surface area contributed by atoms with Crippen LogP contribution in [0.5, 0.6) is 0 Å². The van der Waals surface area contributed by atoms with Crippen molar-refractivity contribution in [2.45, 2.75) is 39.7 Å². The molecule has 0 radical (unpaired) electrons. The quantitative estimate of drug-likeness (QED) is 0.479. The first-order valence-electron chi connectivity index (χ1n) is 6.81. The predicted molar refractivity (Wildman–Crippen MR) is 78.5 cm³/mol. The van der Waals surface area contributed by atoms with Gasteiger partial charge in [0.05, 0.1) is 4.92 Å². The van der Waals surface area contributed by atoms with Gasteiger partial charge in [0.25, 0.3) is 11.6 Å². The van der Waals surface area contributed by atoms with Gasteiger partial charge in [0.15, 0.2) is 0 Å². The van der Waals surface area contributed by atoms with Gasteiger partial charge in [-0.05, 0) is 25.3 Å². The minimum Gasteiger partial charge on any atom is -0.392 e. The Labute approximate surface area is 122 Å². The summed E-state index contributed by atoms with van der Waals surface area (Å²) in [6.07, 6.45) is 1.70. The van der Waals surface area contributed by atoms with E-state index in [1.807, 2.05) is 13.8 Å². The molecule has 0 spiro atoms. The molecule has 0 saturated heterocycles. The van der Waals surface area contributed by atoms with Crippen LogP contribution in [-0.4, -0.2) is 16.9 Å². The highest BCUT2D eigenvalue weighted by atomic mass is 19.1. The largest absolute Gasteiger partial charge is 0.392 e. The predicted octanol–water partition coefficient (Wildman–Crippen LogP) is 2.87. The number of amides is 1. The van der Waals surface area contributed by atoms with E-state index in [0.29, 0.717) is 5.92 Å². The van der Waals surface area contributed by atoms with E-state index < -0.39 is 33.6 Å². The molecule has 2 atom stereocenters. The standard InChI is InChI=1S/C14H20FN3O3/c1-4-8(2)7-9(3)17-14(19)12-10(15)5-6-11(13(12)16)18(20)21/h5-6,8-9H,4,7,16H2,1-3H3,(H,17,19). The molecule has 0 heterocycles. The molecule has 3 N–H and O–H groups in total. The van der Waals surface area contributed by atoms with Crippen LogP contribution in [0.15, 0.2) is 12.1 Å². The lowest BCUT2D eigenvalue weighted by atomic mass is 10.00. The molecule has 1 rings (SSSR count). The lowest BCUT2D eigenvalue weighted by Gasteiger charge is -2.18. The van der Waals surface area contributed by atoms with E-state index in [1.54, 1.807) is 6.92 Å². The number of nitrogens with one attached hydrogen (secondary N) is 1. The number of anilines is 1. The van der Waals surface area contributed by atoms with Crippen LogP contribution in [0, 0.1) is 21.8 Å². The average Bonchev–Trinajstić information content (AvgIpc) is 2.37. The first kappa shape index (κ1) is 16.9. The van der Waals surface area contributed by atoms with E-state index in [4.69, 9.17) is 5.73 Å². The van der Waals surface area contributed by atoms with Crippen molar-refractivity contribution in [3.05, 3.63) is 33.6 Å². The maximum atomic E-state index is 13.8. The number of halogens is 1. The van der Waals surface area contributed by atoms with Crippen LogP contribution in [0.1, 0.15) is 44.0 Å². The molecule has 21 heavy (non-hydrogen) atoms. The minimum absolute atomic E-state index is 0.175. The number of nitrogens with zero attached hydrogens (tertiary/aromatic N) is 1. The summed E-state index contributed by atoms with van der Waals surface area (Å²) >= 11 is 0. The Kier molecular flexibility index (Phi) is 5.63. The van der Waals surface area contributed by atoms with Gasteiger partial charge in [-0.15, -0.1) is 0 Å². The third kappa shape index (κ3) is 4.14. The molecule has 0 fully saturated rings. The molecule has 1 aromatic rings. The van der Waals surface area contributed by atoms with E-state index in [9.17, 15) is 19.3 Å². The summed E-state index contributed by atoms with van der Waals surface area (Å²) in [7, 11) is 0. The van der Waals surface area contributed by atoms with Gasteiger partial charge in [0, 0.05) is 12.1 Å². The van der Waals surface area contributed by atoms with Crippen molar-refractivity contribution < 1.29 is 14.1 Å². The molecular formula is C14H20FN3O3. The van der Waals surface area contributed by atoms with Crippen LogP contribution in [0.25, 0.3) is 0 Å². The molecule has 6 nitrogen and oxygen atoms in total. The number of nitrogens with two attached hydrogens (primary N) is 1. The van der Waals surface area contributed by atoms with E-state index in [1.165, 1.54) is 0 Å². The third-order valence-corrected chi connectivity index (χ3v) is 3.43. The fourth-order valence-corrected chi connectivity index (χ4v) is 2.10. The molecular weight excluding hydrogens is 277 g/mol. The van der Waals surface area contributed by atoms with Gasteiger partial charge in [0.1, 0.15) is 17.1 Å². The SMILES string of the molecule is CCC(C)CC(C)NC(=O)c1c(F)ccc([N+](=O)[O-])c1N. The van der Waals surface area contributed by atoms with Gasteiger partial charge in [-0.3, -0.25) is 14.9 Å². The summed E-state index contributed by atoms with van der Waals surface area (Å²) in [4.78, 5) is 22.1. The van der Waals surface area contributed by atoms with Crippen LogP contribution < -0.4 is 11.1 Å². The van der Waals surface area contributed by atoms with Crippen LogP contribution in [0.2, 0.25) is 0 Å². The maximum absolute atomic E-state index is 13.8. The zero-order valence-corrected chi connectivity index (χ0v) is 12.4. The zero-order chi connectivity index (χ0) is 16.2. The summed E-state index contributed by atoms with van der Waals surface area (Å²) < 4.78 is 13.8. The van der Waals surface area contributed by atoms with Crippen molar-refractivity contribution in [2.75, 3.05) is 5.73 Å². The van der Waals surface area contributed by atoms with Gasteiger partial charge >= 0.3 is 0 Å². The van der Waals surface area contributed by atoms with Crippen LogP contribution in [0.3, 0.4) is 0 Å². The second-order valence-corrected chi connectivity index (χ2v) is 5.24. The van der Waals surface area contributed by atoms with Gasteiger partial charge in [-0.25, -0.2) is 4.39 Å². The Balaban J connectivity index is 2.97. The Morgan fingerprint density at radius 2 is 2.10 bits per heavy atom. The Bertz CT molecular complexity index is 549. The van der Waals surface area contributed by atoms with E-state index in [2.05, 4.69) is 5.32 Å². The molecule has 7 heteroatoms. The molecule has 1 amide bonds. The number of hydrogen-bond acceptors (Lipinski definition) is 4. The number of rotatable bonds is 6. The topological polar surface area (TPSA) is 98.3 Å². The summed E-state index contributed by atoms with van der Waals surface area (Å²) in [6, 6.07) is 1.65. The highest BCUT2D eigenvalue weighted by Crippen LogP contribution is 2.27. The second kappa shape index (κ2) is 7.01. The summed E-state index contributed by atoms with van der Waals surface area (Å²) in [5.74, 6) is -1.19. The first-order chi connectivity index (χ1) is 9.77. The second-order valence-electron chi connectivity index (χ2n) is 5.24. The van der Waals surface area contributed by atoms with Crippen molar-refractivity contribution >= 4 is 17.3 Å². The fourth-order valence-electron chi connectivity index (χ4n) is 2.10. The van der Waals surface area contributed by atoms with Crippen molar-refractivity contribution in [3.63, 3.8) is 0 Å². The number of hydrogen-bond donors (Lipinski definition) is 2. The molecule has 116 valence electrons. The highest BCUT2D eigenvalue weighted by Gasteiger charge is 2.24. The van der Waals surface area contributed by atoms with Crippen LogP contribution in [0.4, 0.5) is 15.8 Å². The van der Waals surface area contributed by atoms with Crippen molar-refractivity contribution in [1.29, 1.82) is 0 Å². The minimum atomic E-state index is -0.869. The summed E-state index contributed by atoms with van der Waals surface area (Å²) in [5, 5.41) is 13.4. The number of nitro benzene ring substituents is 1. The van der Waals surface area contributed by atoms with E-state index >= 15 is 0 Å². The summed E-state index contributed by atoms with van der Waals surface area (Å²) in [6.45, 7) is 5.89. The Hall–Kier alpha value is -2.18. The first-order valence-corrected chi connectivity index (χ1v) is 6.81. The molecule has 0 aliphatic rings. The van der Waals surface area contributed by atoms with Gasteiger partial charge in [0.2, 0.25) is 0 Å². The molecule has 0 aliphatic carbocycles. The number of carbonyl (C=O) groups excluding carboxylic acids is 1. The molecule has 0 saturated carbocycles. The van der Waals surface area contributed by atoms with Crippen LogP contribution in [-0.2, 0) is 0 Å². The molecule has 1 aromatic carbocycles. The molecule has 0 aliphatic heterocycles. The smallest absolute Gasteiger partial charge is 0.293 e. The number of nitro groups is 1. The van der Waals surface area contributed by atoms with Crippen molar-refractivity contribution in [2.24, 2.45) is 5.92 Å². The fraction of sp³-hybridized carbons (Fsp3) is 0.500. The van der Waals surface area contributed by atoms with E-state index in [0.717, 1.165) is 25.0 Å². The number of carbonyl (C=O) groups is 1. The average molecular weight is 297 g/mol. The van der Waals surface area contributed by atoms with E-state index in [-0.39, 0.29) is 6.04 Å². The third-order valence-electron chi connectivity index (χ3n) is 3.43. The zero-order valence-electron chi connectivity index (χ0n) is 12.4. The van der Waals surface area contributed by atoms with Crippen LogP contribution >= 0.6 is 0 Å². The Morgan fingerprint density at radius 3 is 2.62 bits per heavy atom. The molecule has 2 unspecified atom stereocenters. The van der Waals surface area contributed by atoms with Gasteiger partial charge < -0.3 is 11.1 Å². The van der Waals surface area contributed by atoms with Crippen molar-refractivity contribution in [3.8, 4) is 0 Å². The number of nitrogen functional groups attached to an aromatic ring is 1. The molecule has 0 aromatic heterocycles. The molecule has 0 bridgehead atoms. The number of benzene rings is 1. The maximum Gasteiger partial charge on any atom is 0.293 e. The van der Waals surface area contributed by atoms with Gasteiger partial charge in [-0.1, -0.05) is 20.3 Å².